The van der Waals surface area contributed by atoms with Gasteiger partial charge in [-0.25, -0.2) is 0 Å². The summed E-state index contributed by atoms with van der Waals surface area (Å²) in [6.45, 7) is 0.322. The van der Waals surface area contributed by atoms with E-state index < -0.39 is 10.7 Å². The van der Waals surface area contributed by atoms with E-state index in [4.69, 9.17) is 37.4 Å². The van der Waals surface area contributed by atoms with Gasteiger partial charge in [-0.2, -0.15) is 0 Å². The molecule has 0 unspecified atom stereocenters. The molecule has 0 saturated carbocycles. The van der Waals surface area contributed by atoms with Gasteiger partial charge < -0.3 is 18.8 Å². The van der Waals surface area contributed by atoms with Gasteiger partial charge in [0.25, 0.3) is 0 Å². The Morgan fingerprint density at radius 2 is 1.62 bits per heavy atom. The number of aromatic nitrogens is 1. The number of fused-ring (bicyclic) bond motifs is 3. The Bertz CT molecular complexity index is 1650. The van der Waals surface area contributed by atoms with E-state index in [1.165, 1.54) is 27.4 Å². The quantitative estimate of drug-likeness (QED) is 0.0902. The standard InChI is InChI=1S/C28H21BrCl2N2O6/c1-37-16-6-4-14(5-7-16)28(34)27-24(18-11-19(29)21(31)13-20(18)30)26(33(35)36)25-17-12-23(39-3)22(38-2)10-15(17)8-9-32(25)27/h4-7,10-13H,8-9H2,1-3H3. The summed E-state index contributed by atoms with van der Waals surface area (Å²) in [5, 5.41) is 13.3. The normalized spacial score (nSPS) is 11.9. The van der Waals surface area contributed by atoms with E-state index in [0.29, 0.717) is 56.4 Å². The van der Waals surface area contributed by atoms with Crippen molar-refractivity contribution in [1.82, 2.24) is 4.57 Å². The topological polar surface area (TPSA) is 92.8 Å². The molecule has 1 aliphatic rings. The minimum absolute atomic E-state index is 0.112. The first-order valence-corrected chi connectivity index (χ1v) is 13.2. The second kappa shape index (κ2) is 10.6. The van der Waals surface area contributed by atoms with E-state index in [1.54, 1.807) is 41.0 Å². The molecule has 3 aromatic carbocycles. The Labute approximate surface area is 242 Å². The number of ketones is 1. The Balaban J connectivity index is 1.89. The second-order valence-corrected chi connectivity index (χ2v) is 10.4. The highest BCUT2D eigenvalue weighted by atomic mass is 79.9. The molecule has 0 aliphatic carbocycles. The number of nitrogens with zero attached hydrogens (tertiary/aromatic N) is 2. The van der Waals surface area contributed by atoms with Gasteiger partial charge in [0, 0.05) is 27.7 Å². The molecule has 39 heavy (non-hydrogen) atoms. The lowest BCUT2D eigenvalue weighted by atomic mass is 9.95. The number of rotatable bonds is 7. The van der Waals surface area contributed by atoms with Gasteiger partial charge in [-0.05, 0) is 76.4 Å². The van der Waals surface area contributed by atoms with E-state index in [2.05, 4.69) is 15.9 Å². The van der Waals surface area contributed by atoms with Crippen molar-refractivity contribution in [1.29, 1.82) is 0 Å². The molecule has 0 radical (unpaired) electrons. The average molecular weight is 632 g/mol. The Morgan fingerprint density at radius 3 is 2.23 bits per heavy atom. The van der Waals surface area contributed by atoms with E-state index >= 15 is 0 Å². The molecule has 200 valence electrons. The molecule has 11 heteroatoms. The third-order valence-electron chi connectivity index (χ3n) is 6.74. The predicted octanol–water partition coefficient (Wildman–Crippen LogP) is 7.61. The lowest BCUT2D eigenvalue weighted by molar-refractivity contribution is -0.383. The number of hydrogen-bond donors (Lipinski definition) is 0. The third kappa shape index (κ3) is 4.54. The first-order chi connectivity index (χ1) is 18.7. The van der Waals surface area contributed by atoms with E-state index in [9.17, 15) is 14.9 Å². The number of benzene rings is 3. The number of carbonyl (C=O) groups excluding carboxylic acids is 1. The molecule has 1 aromatic heterocycles. The first-order valence-electron chi connectivity index (χ1n) is 11.7. The fourth-order valence-corrected chi connectivity index (χ4v) is 5.77. The van der Waals surface area contributed by atoms with E-state index in [0.717, 1.165) is 5.56 Å². The molecule has 5 rings (SSSR count). The SMILES string of the molecule is COc1ccc(C(=O)c2c(-c3cc(Br)c(Cl)cc3Cl)c([N+](=O)[O-])c3n2CCc2cc(OC)c(OC)cc2-3)cc1. The molecular formula is C28H21BrCl2N2O6. The molecule has 0 fully saturated rings. The fourth-order valence-electron chi connectivity index (χ4n) is 4.94. The Kier molecular flexibility index (Phi) is 7.33. The van der Waals surface area contributed by atoms with Crippen molar-refractivity contribution >= 4 is 50.6 Å². The van der Waals surface area contributed by atoms with Crippen LogP contribution in [0.2, 0.25) is 10.0 Å². The minimum atomic E-state index is -0.476. The molecule has 1 aliphatic heterocycles. The van der Waals surface area contributed by atoms with Crippen LogP contribution in [0.4, 0.5) is 5.69 Å². The zero-order chi connectivity index (χ0) is 28.0. The van der Waals surface area contributed by atoms with Crippen LogP contribution >= 0.6 is 39.1 Å². The van der Waals surface area contributed by atoms with Crippen molar-refractivity contribution in [2.24, 2.45) is 0 Å². The molecule has 4 aromatic rings. The number of nitro groups is 1. The number of methoxy groups -OCH3 is 3. The summed E-state index contributed by atoms with van der Waals surface area (Å²) in [5.74, 6) is 1.11. The number of halogens is 3. The monoisotopic (exact) mass is 630 g/mol. The molecule has 0 atom stereocenters. The molecular weight excluding hydrogens is 611 g/mol. The highest BCUT2D eigenvalue weighted by Crippen LogP contribution is 2.51. The zero-order valence-electron chi connectivity index (χ0n) is 21.0. The van der Waals surface area contributed by atoms with Crippen LogP contribution in [0, 0.1) is 10.1 Å². The summed E-state index contributed by atoms with van der Waals surface area (Å²) in [6.07, 6.45) is 0.509. The summed E-state index contributed by atoms with van der Waals surface area (Å²) in [6, 6.07) is 13.2. The summed E-state index contributed by atoms with van der Waals surface area (Å²) in [4.78, 5) is 26.5. The molecule has 8 nitrogen and oxygen atoms in total. The lowest BCUT2D eigenvalue weighted by Gasteiger charge is -2.22. The molecule has 2 heterocycles. The first kappa shape index (κ1) is 27.1. The van der Waals surface area contributed by atoms with E-state index in [-0.39, 0.29) is 27.7 Å². The summed E-state index contributed by atoms with van der Waals surface area (Å²) in [5.41, 5.74) is 2.37. The summed E-state index contributed by atoms with van der Waals surface area (Å²) < 4.78 is 18.4. The number of hydrogen-bond acceptors (Lipinski definition) is 6. The molecule has 0 bridgehead atoms. The van der Waals surface area contributed by atoms with Gasteiger partial charge >= 0.3 is 5.69 Å². The molecule has 0 spiro atoms. The van der Waals surface area contributed by atoms with Gasteiger partial charge in [0.1, 0.15) is 17.1 Å². The average Bonchev–Trinajstić information content (AvgIpc) is 3.29. The van der Waals surface area contributed by atoms with E-state index in [1.807, 2.05) is 6.07 Å². The van der Waals surface area contributed by atoms with Crippen molar-refractivity contribution in [3.05, 3.63) is 90.0 Å². The van der Waals surface area contributed by atoms with Crippen LogP contribution in [-0.2, 0) is 13.0 Å². The van der Waals surface area contributed by atoms with Crippen LogP contribution in [0.1, 0.15) is 21.6 Å². The van der Waals surface area contributed by atoms with Crippen LogP contribution in [-0.4, -0.2) is 36.6 Å². The molecule has 0 amide bonds. The largest absolute Gasteiger partial charge is 0.497 e. The van der Waals surface area contributed by atoms with Crippen LogP contribution in [0.15, 0.2) is 53.0 Å². The van der Waals surface area contributed by atoms with Crippen LogP contribution in [0.25, 0.3) is 22.4 Å². The van der Waals surface area contributed by atoms with Crippen molar-refractivity contribution in [2.75, 3.05) is 21.3 Å². The highest BCUT2D eigenvalue weighted by Gasteiger charge is 2.39. The van der Waals surface area contributed by atoms with Gasteiger partial charge in [-0.15, -0.1) is 0 Å². The van der Waals surface area contributed by atoms with Gasteiger partial charge in [0.15, 0.2) is 11.5 Å². The van der Waals surface area contributed by atoms with Crippen molar-refractivity contribution < 1.29 is 23.9 Å². The maximum Gasteiger partial charge on any atom is 0.303 e. The maximum atomic E-state index is 14.1. The van der Waals surface area contributed by atoms with Crippen LogP contribution in [0.3, 0.4) is 0 Å². The summed E-state index contributed by atoms with van der Waals surface area (Å²) >= 11 is 16.3. The minimum Gasteiger partial charge on any atom is -0.497 e. The highest BCUT2D eigenvalue weighted by molar-refractivity contribution is 9.10. The van der Waals surface area contributed by atoms with Crippen molar-refractivity contribution in [3.63, 3.8) is 0 Å². The van der Waals surface area contributed by atoms with Crippen molar-refractivity contribution in [3.8, 4) is 39.6 Å². The van der Waals surface area contributed by atoms with Crippen LogP contribution in [0.5, 0.6) is 17.2 Å². The van der Waals surface area contributed by atoms with Crippen LogP contribution < -0.4 is 14.2 Å². The lowest BCUT2D eigenvalue weighted by Crippen LogP contribution is -2.17. The maximum absolute atomic E-state index is 14.1. The van der Waals surface area contributed by atoms with Gasteiger partial charge in [0.05, 0.1) is 41.9 Å². The van der Waals surface area contributed by atoms with Gasteiger partial charge in [-0.3, -0.25) is 14.9 Å². The number of aryl methyl sites for hydroxylation is 1. The zero-order valence-corrected chi connectivity index (χ0v) is 24.1. The Morgan fingerprint density at radius 1 is 0.949 bits per heavy atom. The van der Waals surface area contributed by atoms with Gasteiger partial charge in [0.2, 0.25) is 5.78 Å². The second-order valence-electron chi connectivity index (χ2n) is 8.75. The molecule has 0 N–H and O–H groups in total. The number of ether oxygens (including phenoxy) is 3. The number of carbonyl (C=O) groups is 1. The van der Waals surface area contributed by atoms with Crippen molar-refractivity contribution in [2.45, 2.75) is 13.0 Å². The van der Waals surface area contributed by atoms with Gasteiger partial charge in [-0.1, -0.05) is 23.2 Å². The Hall–Kier alpha value is -3.53. The summed E-state index contributed by atoms with van der Waals surface area (Å²) in [7, 11) is 4.56. The molecule has 0 saturated heterocycles. The smallest absolute Gasteiger partial charge is 0.303 e. The predicted molar refractivity (Wildman–Crippen MR) is 153 cm³/mol. The fraction of sp³-hybridized carbons (Fsp3) is 0.179. The third-order valence-corrected chi connectivity index (χ3v) is 8.25.